The van der Waals surface area contributed by atoms with Crippen LogP contribution in [-0.4, -0.2) is 19.4 Å². The lowest BCUT2D eigenvalue weighted by Crippen LogP contribution is -1.93. The van der Waals surface area contributed by atoms with Crippen LogP contribution in [0.3, 0.4) is 0 Å². The topological polar surface area (TPSA) is 69.1 Å². The number of nitrogen functional groups attached to an aromatic ring is 1. The molecule has 4 heterocycles. The lowest BCUT2D eigenvalue weighted by atomic mass is 10.3. The van der Waals surface area contributed by atoms with E-state index in [-0.39, 0.29) is 12.4 Å². The van der Waals surface area contributed by atoms with Gasteiger partial charge in [0.2, 0.25) is 0 Å². The number of nitrogens with zero attached hydrogens (tertiary/aromatic N) is 4. The summed E-state index contributed by atoms with van der Waals surface area (Å²) in [6.07, 6.45) is 6.91. The van der Waals surface area contributed by atoms with Gasteiger partial charge in [0.1, 0.15) is 17.2 Å². The van der Waals surface area contributed by atoms with Crippen molar-refractivity contribution >= 4 is 35.2 Å². The van der Waals surface area contributed by atoms with E-state index in [4.69, 9.17) is 5.73 Å². The molecule has 4 aromatic heterocycles. The zero-order valence-corrected chi connectivity index (χ0v) is 14.0. The van der Waals surface area contributed by atoms with E-state index in [9.17, 15) is 0 Å². The standard InChI is InChI=1S/C17H11N5S.ClH/c18-17-16(21-15-11-19-9-10-22(15)17)14-7-6-13(23-14)5-4-12-3-1-2-8-20-12;/h1-3,6-11H,18H2;1H. The Hall–Kier alpha value is -2.88. The van der Waals surface area contributed by atoms with Crippen LogP contribution >= 0.6 is 23.7 Å². The summed E-state index contributed by atoms with van der Waals surface area (Å²) in [4.78, 5) is 14.7. The van der Waals surface area contributed by atoms with Crippen molar-refractivity contribution in [2.45, 2.75) is 0 Å². The smallest absolute Gasteiger partial charge is 0.157 e. The van der Waals surface area contributed by atoms with Crippen LogP contribution in [0.25, 0.3) is 16.2 Å². The van der Waals surface area contributed by atoms with Gasteiger partial charge in [-0.15, -0.1) is 23.7 Å². The third-order valence-corrected chi connectivity index (χ3v) is 4.29. The molecule has 0 unspecified atom stereocenters. The van der Waals surface area contributed by atoms with E-state index in [0.717, 1.165) is 26.8 Å². The molecule has 0 aliphatic carbocycles. The van der Waals surface area contributed by atoms with Crippen molar-refractivity contribution in [1.29, 1.82) is 0 Å². The number of anilines is 1. The summed E-state index contributed by atoms with van der Waals surface area (Å²) >= 11 is 1.56. The first kappa shape index (κ1) is 16.0. The highest BCUT2D eigenvalue weighted by Gasteiger charge is 2.12. The predicted octanol–water partition coefficient (Wildman–Crippen LogP) is 3.26. The first-order valence-corrected chi connectivity index (χ1v) is 7.74. The molecular formula is C17H12ClN5S. The minimum atomic E-state index is 0. The first-order chi connectivity index (χ1) is 11.3. The van der Waals surface area contributed by atoms with Gasteiger partial charge in [-0.05, 0) is 36.1 Å². The number of rotatable bonds is 1. The Morgan fingerprint density at radius 3 is 2.79 bits per heavy atom. The molecule has 0 fully saturated rings. The van der Waals surface area contributed by atoms with Gasteiger partial charge in [0, 0.05) is 18.6 Å². The average Bonchev–Trinajstić information content (AvgIpc) is 3.19. The summed E-state index contributed by atoms with van der Waals surface area (Å²) in [5, 5.41) is 0. The number of halogens is 1. The second-order valence-corrected chi connectivity index (χ2v) is 5.86. The zero-order valence-electron chi connectivity index (χ0n) is 12.4. The molecule has 5 nitrogen and oxygen atoms in total. The van der Waals surface area contributed by atoms with Gasteiger partial charge in [-0.2, -0.15) is 0 Å². The van der Waals surface area contributed by atoms with Crippen LogP contribution < -0.4 is 5.73 Å². The summed E-state index contributed by atoms with van der Waals surface area (Å²) in [6, 6.07) is 9.63. The molecule has 0 saturated carbocycles. The van der Waals surface area contributed by atoms with Gasteiger partial charge >= 0.3 is 0 Å². The lowest BCUT2D eigenvalue weighted by Gasteiger charge is -1.94. The first-order valence-electron chi connectivity index (χ1n) is 6.92. The molecule has 118 valence electrons. The number of imidazole rings is 1. The minimum absolute atomic E-state index is 0. The van der Waals surface area contributed by atoms with Gasteiger partial charge in [0.05, 0.1) is 16.0 Å². The SMILES string of the molecule is Cl.Nc1c(-c2ccc(C#Cc3ccccn3)s2)nc2cnccn12. The summed E-state index contributed by atoms with van der Waals surface area (Å²) in [7, 11) is 0. The maximum absolute atomic E-state index is 6.18. The Balaban J connectivity index is 0.00000169. The Kier molecular flexibility index (Phi) is 4.47. The zero-order chi connectivity index (χ0) is 15.6. The largest absolute Gasteiger partial charge is 0.383 e. The van der Waals surface area contributed by atoms with E-state index in [1.165, 1.54) is 0 Å². The molecule has 7 heteroatoms. The van der Waals surface area contributed by atoms with Crippen molar-refractivity contribution < 1.29 is 0 Å². The number of hydrogen-bond acceptors (Lipinski definition) is 5. The van der Waals surface area contributed by atoms with Gasteiger partial charge in [0.25, 0.3) is 0 Å². The van der Waals surface area contributed by atoms with Crippen molar-refractivity contribution in [2.75, 3.05) is 5.73 Å². The molecule has 0 aliphatic rings. The Morgan fingerprint density at radius 2 is 2.00 bits per heavy atom. The quantitative estimate of drug-likeness (QED) is 0.533. The van der Waals surface area contributed by atoms with Crippen LogP contribution in [0.4, 0.5) is 5.82 Å². The summed E-state index contributed by atoms with van der Waals surface area (Å²) < 4.78 is 1.82. The fourth-order valence-corrected chi connectivity index (χ4v) is 3.06. The molecule has 0 bridgehead atoms. The van der Waals surface area contributed by atoms with Gasteiger partial charge < -0.3 is 5.73 Å². The highest BCUT2D eigenvalue weighted by Crippen LogP contribution is 2.31. The highest BCUT2D eigenvalue weighted by atomic mass is 35.5. The van der Waals surface area contributed by atoms with Crippen LogP contribution in [0.5, 0.6) is 0 Å². The number of fused-ring (bicyclic) bond motifs is 1. The molecule has 0 aromatic carbocycles. The molecule has 0 amide bonds. The van der Waals surface area contributed by atoms with E-state index < -0.39 is 0 Å². The monoisotopic (exact) mass is 353 g/mol. The molecule has 0 aliphatic heterocycles. The van der Waals surface area contributed by atoms with E-state index >= 15 is 0 Å². The Labute approximate surface area is 148 Å². The maximum Gasteiger partial charge on any atom is 0.157 e. The molecule has 4 rings (SSSR count). The molecule has 0 saturated heterocycles. The van der Waals surface area contributed by atoms with Crippen LogP contribution in [0.15, 0.2) is 55.1 Å². The fourth-order valence-electron chi connectivity index (χ4n) is 2.20. The normalized spacial score (nSPS) is 10.0. The van der Waals surface area contributed by atoms with Gasteiger partial charge in [0.15, 0.2) is 5.65 Å². The van der Waals surface area contributed by atoms with Gasteiger partial charge in [-0.25, -0.2) is 9.97 Å². The number of hydrogen-bond donors (Lipinski definition) is 1. The lowest BCUT2D eigenvalue weighted by molar-refractivity contribution is 1.13. The second-order valence-electron chi connectivity index (χ2n) is 4.78. The number of pyridine rings is 1. The minimum Gasteiger partial charge on any atom is -0.383 e. The van der Waals surface area contributed by atoms with Crippen LogP contribution in [0.1, 0.15) is 10.6 Å². The molecule has 0 spiro atoms. The fraction of sp³-hybridized carbons (Fsp3) is 0. The van der Waals surface area contributed by atoms with E-state index in [1.807, 2.05) is 34.7 Å². The molecule has 2 N–H and O–H groups in total. The van der Waals surface area contributed by atoms with Crippen molar-refractivity contribution in [3.8, 4) is 22.4 Å². The van der Waals surface area contributed by atoms with Gasteiger partial charge in [-0.1, -0.05) is 6.07 Å². The second kappa shape index (κ2) is 6.71. The van der Waals surface area contributed by atoms with E-state index in [1.54, 1.807) is 36.1 Å². The van der Waals surface area contributed by atoms with Crippen LogP contribution in [0, 0.1) is 11.8 Å². The van der Waals surface area contributed by atoms with E-state index in [2.05, 4.69) is 26.8 Å². The average molecular weight is 354 g/mol. The number of thiophene rings is 1. The summed E-state index contributed by atoms with van der Waals surface area (Å²) in [5.41, 5.74) is 8.42. The van der Waals surface area contributed by atoms with Gasteiger partial charge in [-0.3, -0.25) is 9.38 Å². The Bertz CT molecular complexity index is 1040. The number of aromatic nitrogens is 4. The molecule has 4 aromatic rings. The molecule has 24 heavy (non-hydrogen) atoms. The van der Waals surface area contributed by atoms with E-state index in [0.29, 0.717) is 5.82 Å². The van der Waals surface area contributed by atoms with Crippen molar-refractivity contribution in [3.05, 3.63) is 65.7 Å². The number of nitrogens with two attached hydrogens (primary N) is 1. The molecular weight excluding hydrogens is 342 g/mol. The van der Waals surface area contributed by atoms with Crippen molar-refractivity contribution in [2.24, 2.45) is 0 Å². The molecule has 0 atom stereocenters. The van der Waals surface area contributed by atoms with Crippen LogP contribution in [-0.2, 0) is 0 Å². The highest BCUT2D eigenvalue weighted by molar-refractivity contribution is 7.16. The predicted molar refractivity (Wildman–Crippen MR) is 98.2 cm³/mol. The van der Waals surface area contributed by atoms with Crippen LogP contribution in [0.2, 0.25) is 0 Å². The maximum atomic E-state index is 6.18. The Morgan fingerprint density at radius 1 is 1.08 bits per heavy atom. The van der Waals surface area contributed by atoms with Crippen molar-refractivity contribution in [1.82, 2.24) is 19.4 Å². The summed E-state index contributed by atoms with van der Waals surface area (Å²) in [5.74, 6) is 6.78. The summed E-state index contributed by atoms with van der Waals surface area (Å²) in [6.45, 7) is 0. The molecule has 0 radical (unpaired) electrons. The van der Waals surface area contributed by atoms with Crippen molar-refractivity contribution in [3.63, 3.8) is 0 Å². The third kappa shape index (κ3) is 2.95. The third-order valence-electron chi connectivity index (χ3n) is 3.29.